The van der Waals surface area contributed by atoms with Gasteiger partial charge in [0.2, 0.25) is 5.28 Å². The molecule has 1 aromatic rings. The monoisotopic (exact) mass is 269 g/mol. The van der Waals surface area contributed by atoms with Crippen LogP contribution in [0.25, 0.3) is 0 Å². The molecule has 2 N–H and O–H groups in total. The lowest BCUT2D eigenvalue weighted by molar-refractivity contribution is 0.0943. The summed E-state index contributed by atoms with van der Waals surface area (Å²) in [6.45, 7) is 2.93. The second kappa shape index (κ2) is 5.85. The number of nitrogens with one attached hydrogen (secondary N) is 1. The Morgan fingerprint density at radius 1 is 1.39 bits per heavy atom. The molecule has 1 aliphatic rings. The van der Waals surface area contributed by atoms with Gasteiger partial charge in [0, 0.05) is 23.7 Å². The smallest absolute Gasteiger partial charge is 0.224 e. The molecule has 0 aliphatic heterocycles. The van der Waals surface area contributed by atoms with Crippen molar-refractivity contribution < 1.29 is 5.11 Å². The Labute approximate surface area is 113 Å². The van der Waals surface area contributed by atoms with Crippen molar-refractivity contribution in [2.45, 2.75) is 39.0 Å². The Kier molecular flexibility index (Phi) is 4.40. The maximum atomic E-state index is 9.64. The summed E-state index contributed by atoms with van der Waals surface area (Å²) in [5.74, 6) is 0.772. The highest BCUT2D eigenvalue weighted by Crippen LogP contribution is 2.36. The SMILES string of the molecule is Cc1cnc(Cl)nc1NCC1(CO)CCCCC1. The van der Waals surface area contributed by atoms with Gasteiger partial charge in [0.05, 0.1) is 6.61 Å². The second-order valence-corrected chi connectivity index (χ2v) is 5.58. The van der Waals surface area contributed by atoms with Crippen LogP contribution < -0.4 is 5.32 Å². The molecule has 18 heavy (non-hydrogen) atoms. The first-order valence-corrected chi connectivity index (χ1v) is 6.87. The lowest BCUT2D eigenvalue weighted by atomic mass is 9.74. The number of halogens is 1. The molecule has 2 rings (SSSR count). The summed E-state index contributed by atoms with van der Waals surface area (Å²) in [7, 11) is 0. The zero-order valence-electron chi connectivity index (χ0n) is 10.7. The van der Waals surface area contributed by atoms with E-state index in [1.165, 1.54) is 19.3 Å². The van der Waals surface area contributed by atoms with Crippen molar-refractivity contribution in [3.63, 3.8) is 0 Å². The first kappa shape index (κ1) is 13.6. The molecular weight excluding hydrogens is 250 g/mol. The van der Waals surface area contributed by atoms with Gasteiger partial charge < -0.3 is 10.4 Å². The largest absolute Gasteiger partial charge is 0.396 e. The Morgan fingerprint density at radius 2 is 2.11 bits per heavy atom. The third kappa shape index (κ3) is 3.12. The van der Waals surface area contributed by atoms with Crippen LogP contribution in [0.4, 0.5) is 5.82 Å². The average molecular weight is 270 g/mol. The highest BCUT2D eigenvalue weighted by Gasteiger charge is 2.31. The molecule has 1 aromatic heterocycles. The quantitative estimate of drug-likeness (QED) is 0.826. The molecule has 4 nitrogen and oxygen atoms in total. The molecule has 1 aliphatic carbocycles. The molecule has 1 heterocycles. The Balaban J connectivity index is 2.03. The van der Waals surface area contributed by atoms with E-state index in [0.717, 1.165) is 30.8 Å². The highest BCUT2D eigenvalue weighted by atomic mass is 35.5. The van der Waals surface area contributed by atoms with Gasteiger partial charge in [-0.05, 0) is 31.4 Å². The number of aliphatic hydroxyl groups excluding tert-OH is 1. The van der Waals surface area contributed by atoms with Gasteiger partial charge in [-0.2, -0.15) is 0 Å². The first-order valence-electron chi connectivity index (χ1n) is 6.49. The summed E-state index contributed by atoms with van der Waals surface area (Å²) in [6, 6.07) is 0. The fourth-order valence-corrected chi connectivity index (χ4v) is 2.70. The lowest BCUT2D eigenvalue weighted by Gasteiger charge is -2.35. The summed E-state index contributed by atoms with van der Waals surface area (Å²) in [5.41, 5.74) is 0.977. The van der Waals surface area contributed by atoms with E-state index in [2.05, 4.69) is 15.3 Å². The number of aromatic nitrogens is 2. The lowest BCUT2D eigenvalue weighted by Crippen LogP contribution is -2.35. The number of anilines is 1. The number of nitrogens with zero attached hydrogens (tertiary/aromatic N) is 2. The van der Waals surface area contributed by atoms with Gasteiger partial charge in [-0.1, -0.05) is 19.3 Å². The van der Waals surface area contributed by atoms with Gasteiger partial charge in [-0.25, -0.2) is 9.97 Å². The summed E-state index contributed by atoms with van der Waals surface area (Å²) >= 11 is 5.80. The summed E-state index contributed by atoms with van der Waals surface area (Å²) in [6.07, 6.45) is 7.55. The van der Waals surface area contributed by atoms with E-state index in [4.69, 9.17) is 11.6 Å². The molecule has 0 saturated heterocycles. The number of hydrogen-bond acceptors (Lipinski definition) is 4. The number of aliphatic hydroxyl groups is 1. The molecule has 0 spiro atoms. The average Bonchev–Trinajstić information content (AvgIpc) is 2.41. The van der Waals surface area contributed by atoms with E-state index in [1.54, 1.807) is 6.20 Å². The van der Waals surface area contributed by atoms with Crippen LogP contribution in [0.3, 0.4) is 0 Å². The van der Waals surface area contributed by atoms with Crippen LogP contribution in [-0.2, 0) is 0 Å². The van der Waals surface area contributed by atoms with Gasteiger partial charge in [-0.3, -0.25) is 0 Å². The first-order chi connectivity index (χ1) is 8.65. The zero-order valence-corrected chi connectivity index (χ0v) is 11.5. The molecule has 0 atom stereocenters. The van der Waals surface area contributed by atoms with Crippen molar-refractivity contribution >= 4 is 17.4 Å². The molecule has 0 radical (unpaired) electrons. The fraction of sp³-hybridized carbons (Fsp3) is 0.692. The molecule has 0 amide bonds. The topological polar surface area (TPSA) is 58.0 Å². The van der Waals surface area contributed by atoms with E-state index in [1.807, 2.05) is 6.92 Å². The minimum Gasteiger partial charge on any atom is -0.396 e. The minimum atomic E-state index is 0.00210. The summed E-state index contributed by atoms with van der Waals surface area (Å²) < 4.78 is 0. The molecule has 0 aromatic carbocycles. The number of aryl methyl sites for hydroxylation is 1. The van der Waals surface area contributed by atoms with Crippen LogP contribution in [0.1, 0.15) is 37.7 Å². The molecule has 0 unspecified atom stereocenters. The van der Waals surface area contributed by atoms with E-state index < -0.39 is 0 Å². The van der Waals surface area contributed by atoms with Crippen molar-refractivity contribution in [2.24, 2.45) is 5.41 Å². The third-order valence-electron chi connectivity index (χ3n) is 3.82. The summed E-state index contributed by atoms with van der Waals surface area (Å²) in [5, 5.41) is 13.2. The number of rotatable bonds is 4. The van der Waals surface area contributed by atoms with Gasteiger partial charge in [0.25, 0.3) is 0 Å². The zero-order chi connectivity index (χ0) is 13.0. The normalized spacial score (nSPS) is 18.6. The molecule has 100 valence electrons. The molecule has 5 heteroatoms. The van der Waals surface area contributed by atoms with Crippen LogP contribution >= 0.6 is 11.6 Å². The van der Waals surface area contributed by atoms with Gasteiger partial charge in [0.1, 0.15) is 5.82 Å². The van der Waals surface area contributed by atoms with E-state index in [0.29, 0.717) is 0 Å². The standard InChI is InChI=1S/C13H20ClN3O/c1-10-7-15-12(14)17-11(10)16-8-13(9-18)5-3-2-4-6-13/h7,18H,2-6,8-9H2,1H3,(H,15,16,17). The van der Waals surface area contributed by atoms with Crippen LogP contribution in [-0.4, -0.2) is 28.2 Å². The Bertz CT molecular complexity index is 405. The molecule has 1 saturated carbocycles. The molecule has 0 bridgehead atoms. The van der Waals surface area contributed by atoms with Crippen molar-refractivity contribution in [3.8, 4) is 0 Å². The van der Waals surface area contributed by atoms with Crippen molar-refractivity contribution in [2.75, 3.05) is 18.5 Å². The van der Waals surface area contributed by atoms with Crippen LogP contribution in [0, 0.1) is 12.3 Å². The maximum absolute atomic E-state index is 9.64. The molecular formula is C13H20ClN3O. The summed E-state index contributed by atoms with van der Waals surface area (Å²) in [4.78, 5) is 8.12. The number of hydrogen-bond donors (Lipinski definition) is 2. The maximum Gasteiger partial charge on any atom is 0.224 e. The van der Waals surface area contributed by atoms with E-state index in [9.17, 15) is 5.11 Å². The van der Waals surface area contributed by atoms with E-state index >= 15 is 0 Å². The van der Waals surface area contributed by atoms with Crippen LogP contribution in [0.2, 0.25) is 5.28 Å². The highest BCUT2D eigenvalue weighted by molar-refractivity contribution is 6.28. The third-order valence-corrected chi connectivity index (χ3v) is 4.00. The van der Waals surface area contributed by atoms with Gasteiger partial charge >= 0.3 is 0 Å². The van der Waals surface area contributed by atoms with Crippen molar-refractivity contribution in [3.05, 3.63) is 17.0 Å². The van der Waals surface area contributed by atoms with E-state index in [-0.39, 0.29) is 17.3 Å². The van der Waals surface area contributed by atoms with Gasteiger partial charge in [-0.15, -0.1) is 0 Å². The second-order valence-electron chi connectivity index (χ2n) is 5.24. The Morgan fingerprint density at radius 3 is 2.78 bits per heavy atom. The fourth-order valence-electron chi connectivity index (χ4n) is 2.56. The Hall–Kier alpha value is -0.870. The predicted molar refractivity (Wildman–Crippen MR) is 72.9 cm³/mol. The van der Waals surface area contributed by atoms with Gasteiger partial charge in [0.15, 0.2) is 0 Å². The van der Waals surface area contributed by atoms with Crippen molar-refractivity contribution in [1.29, 1.82) is 0 Å². The van der Waals surface area contributed by atoms with Crippen LogP contribution in [0.15, 0.2) is 6.20 Å². The molecule has 1 fully saturated rings. The minimum absolute atomic E-state index is 0.00210. The van der Waals surface area contributed by atoms with Crippen molar-refractivity contribution in [1.82, 2.24) is 9.97 Å². The van der Waals surface area contributed by atoms with Crippen LogP contribution in [0.5, 0.6) is 0 Å². The predicted octanol–water partition coefficient (Wildman–Crippen LogP) is 2.79.